The third-order valence-corrected chi connectivity index (χ3v) is 2.31. The molecule has 2 aromatic rings. The van der Waals surface area contributed by atoms with E-state index in [0.29, 0.717) is 5.56 Å². The molecule has 1 aromatic heterocycles. The van der Waals surface area contributed by atoms with Crippen molar-refractivity contribution < 1.29 is 4.92 Å². The van der Waals surface area contributed by atoms with E-state index in [2.05, 4.69) is 4.98 Å². The molecule has 0 bridgehead atoms. The topological polar surface area (TPSA) is 56.0 Å². The Morgan fingerprint density at radius 3 is 2.44 bits per heavy atom. The first-order valence-electron chi connectivity index (χ1n) is 4.55. The standard InChI is InChI=1S/C11H7ClN2O2/c12-10-7-6-9(11(13-10)14(15)16)8-4-2-1-3-5-8/h1-7H. The van der Waals surface area contributed by atoms with E-state index in [-0.39, 0.29) is 11.0 Å². The smallest absolute Gasteiger partial charge is 0.358 e. The van der Waals surface area contributed by atoms with Gasteiger partial charge < -0.3 is 10.1 Å². The van der Waals surface area contributed by atoms with Crippen LogP contribution in [0.4, 0.5) is 5.82 Å². The molecule has 1 heterocycles. The maximum absolute atomic E-state index is 10.8. The summed E-state index contributed by atoms with van der Waals surface area (Å²) < 4.78 is 0. The molecule has 0 aliphatic heterocycles. The second-order valence-corrected chi connectivity index (χ2v) is 3.52. The molecular formula is C11H7ClN2O2. The first kappa shape index (κ1) is 10.6. The fourth-order valence-corrected chi connectivity index (χ4v) is 1.55. The van der Waals surface area contributed by atoms with Gasteiger partial charge >= 0.3 is 5.82 Å². The fraction of sp³-hybridized carbons (Fsp3) is 0. The zero-order chi connectivity index (χ0) is 11.5. The van der Waals surface area contributed by atoms with Crippen molar-refractivity contribution in [3.05, 3.63) is 57.7 Å². The highest BCUT2D eigenvalue weighted by Crippen LogP contribution is 2.28. The third kappa shape index (κ3) is 2.01. The van der Waals surface area contributed by atoms with Crippen molar-refractivity contribution in [2.75, 3.05) is 0 Å². The number of nitrogens with zero attached hydrogens (tertiary/aromatic N) is 2. The highest BCUT2D eigenvalue weighted by Gasteiger charge is 2.17. The number of halogens is 1. The average molecular weight is 235 g/mol. The zero-order valence-corrected chi connectivity index (χ0v) is 8.89. The van der Waals surface area contributed by atoms with Crippen molar-refractivity contribution in [3.8, 4) is 11.1 Å². The minimum absolute atomic E-state index is 0.117. The summed E-state index contributed by atoms with van der Waals surface area (Å²) in [6.45, 7) is 0. The Morgan fingerprint density at radius 2 is 1.81 bits per heavy atom. The molecule has 0 radical (unpaired) electrons. The molecule has 16 heavy (non-hydrogen) atoms. The lowest BCUT2D eigenvalue weighted by molar-refractivity contribution is -0.388. The maximum atomic E-state index is 10.8. The van der Waals surface area contributed by atoms with Gasteiger partial charge in [0.2, 0.25) is 5.15 Å². The minimum Gasteiger partial charge on any atom is -0.358 e. The molecule has 80 valence electrons. The van der Waals surface area contributed by atoms with Crippen LogP contribution in [0.2, 0.25) is 5.15 Å². The predicted molar refractivity (Wildman–Crippen MR) is 61.3 cm³/mol. The van der Waals surface area contributed by atoms with Crippen molar-refractivity contribution in [1.82, 2.24) is 4.98 Å². The molecular weight excluding hydrogens is 228 g/mol. The van der Waals surface area contributed by atoms with E-state index in [4.69, 9.17) is 11.6 Å². The number of rotatable bonds is 2. The number of pyridine rings is 1. The van der Waals surface area contributed by atoms with Gasteiger partial charge in [-0.25, -0.2) is 0 Å². The largest absolute Gasteiger partial charge is 0.372 e. The Hall–Kier alpha value is -1.94. The Labute approximate surface area is 96.7 Å². The monoisotopic (exact) mass is 234 g/mol. The van der Waals surface area contributed by atoms with Crippen LogP contribution in [0.15, 0.2) is 42.5 Å². The summed E-state index contributed by atoms with van der Waals surface area (Å²) in [6, 6.07) is 12.2. The van der Waals surface area contributed by atoms with Crippen LogP contribution in [0.25, 0.3) is 11.1 Å². The van der Waals surface area contributed by atoms with Crippen LogP contribution in [0.5, 0.6) is 0 Å². The number of nitro groups is 1. The van der Waals surface area contributed by atoms with Crippen LogP contribution in [-0.2, 0) is 0 Å². The number of hydrogen-bond donors (Lipinski definition) is 0. The van der Waals surface area contributed by atoms with Gasteiger partial charge in [0, 0.05) is 6.07 Å². The normalized spacial score (nSPS) is 10.1. The van der Waals surface area contributed by atoms with Crippen LogP contribution >= 0.6 is 11.6 Å². The molecule has 0 aliphatic carbocycles. The lowest BCUT2D eigenvalue weighted by atomic mass is 10.1. The van der Waals surface area contributed by atoms with Gasteiger partial charge in [-0.15, -0.1) is 0 Å². The average Bonchev–Trinajstić information content (AvgIpc) is 2.30. The molecule has 0 unspecified atom stereocenters. The molecule has 5 heteroatoms. The van der Waals surface area contributed by atoms with Crippen LogP contribution in [0.1, 0.15) is 0 Å². The molecule has 2 rings (SSSR count). The van der Waals surface area contributed by atoms with E-state index in [1.807, 2.05) is 18.2 Å². The molecule has 0 aliphatic rings. The first-order valence-corrected chi connectivity index (χ1v) is 4.92. The molecule has 1 aromatic carbocycles. The number of benzene rings is 1. The van der Waals surface area contributed by atoms with E-state index < -0.39 is 4.92 Å². The van der Waals surface area contributed by atoms with Crippen molar-refractivity contribution in [2.24, 2.45) is 0 Å². The van der Waals surface area contributed by atoms with Gasteiger partial charge in [-0.1, -0.05) is 30.3 Å². The third-order valence-electron chi connectivity index (χ3n) is 2.10. The van der Waals surface area contributed by atoms with Gasteiger partial charge in [0.1, 0.15) is 0 Å². The fourth-order valence-electron chi connectivity index (χ4n) is 1.41. The summed E-state index contributed by atoms with van der Waals surface area (Å²) in [6.07, 6.45) is 0. The van der Waals surface area contributed by atoms with Gasteiger partial charge in [0.05, 0.1) is 5.56 Å². The van der Waals surface area contributed by atoms with Gasteiger partial charge in [-0.2, -0.15) is 0 Å². The Morgan fingerprint density at radius 1 is 1.12 bits per heavy atom. The maximum Gasteiger partial charge on any atom is 0.372 e. The van der Waals surface area contributed by atoms with Crippen LogP contribution < -0.4 is 0 Å². The summed E-state index contributed by atoms with van der Waals surface area (Å²) in [5, 5.41) is 10.9. The highest BCUT2D eigenvalue weighted by molar-refractivity contribution is 6.29. The Bertz CT molecular complexity index is 529. The van der Waals surface area contributed by atoms with E-state index in [9.17, 15) is 10.1 Å². The summed E-state index contributed by atoms with van der Waals surface area (Å²) in [7, 11) is 0. The Balaban J connectivity index is 2.61. The SMILES string of the molecule is O=[N+]([O-])c1nc(Cl)ccc1-c1ccccc1. The van der Waals surface area contributed by atoms with E-state index in [0.717, 1.165) is 5.56 Å². The summed E-state index contributed by atoms with van der Waals surface area (Å²) in [5.74, 6) is -0.223. The first-order chi connectivity index (χ1) is 7.68. The van der Waals surface area contributed by atoms with E-state index in [1.54, 1.807) is 18.2 Å². The van der Waals surface area contributed by atoms with Gasteiger partial charge in [-0.05, 0) is 33.1 Å². The van der Waals surface area contributed by atoms with E-state index in [1.165, 1.54) is 6.07 Å². The summed E-state index contributed by atoms with van der Waals surface area (Å²) >= 11 is 5.63. The second-order valence-electron chi connectivity index (χ2n) is 3.13. The van der Waals surface area contributed by atoms with Gasteiger partial charge in [-0.3, -0.25) is 0 Å². The van der Waals surface area contributed by atoms with Crippen LogP contribution in [0.3, 0.4) is 0 Å². The molecule has 4 nitrogen and oxygen atoms in total. The lowest BCUT2D eigenvalue weighted by Gasteiger charge is -2.01. The van der Waals surface area contributed by atoms with Crippen molar-refractivity contribution >= 4 is 17.4 Å². The minimum atomic E-state index is -0.534. The summed E-state index contributed by atoms with van der Waals surface area (Å²) in [5.41, 5.74) is 1.22. The molecule has 0 N–H and O–H groups in total. The van der Waals surface area contributed by atoms with Gasteiger partial charge in [0.25, 0.3) is 0 Å². The highest BCUT2D eigenvalue weighted by atomic mass is 35.5. The van der Waals surface area contributed by atoms with Crippen LogP contribution in [-0.4, -0.2) is 9.91 Å². The van der Waals surface area contributed by atoms with Crippen molar-refractivity contribution in [2.45, 2.75) is 0 Å². The second kappa shape index (κ2) is 4.28. The zero-order valence-electron chi connectivity index (χ0n) is 8.13. The van der Waals surface area contributed by atoms with Crippen molar-refractivity contribution in [3.63, 3.8) is 0 Å². The van der Waals surface area contributed by atoms with Crippen molar-refractivity contribution in [1.29, 1.82) is 0 Å². The van der Waals surface area contributed by atoms with Gasteiger partial charge in [0.15, 0.2) is 0 Å². The molecule has 0 atom stereocenters. The summed E-state index contributed by atoms with van der Waals surface area (Å²) in [4.78, 5) is 14.0. The number of hydrogen-bond acceptors (Lipinski definition) is 3. The molecule has 0 amide bonds. The van der Waals surface area contributed by atoms with E-state index >= 15 is 0 Å². The number of aromatic nitrogens is 1. The molecule has 0 saturated heterocycles. The van der Waals surface area contributed by atoms with Crippen LogP contribution in [0, 0.1) is 10.1 Å². The predicted octanol–water partition coefficient (Wildman–Crippen LogP) is 3.31. The Kier molecular flexibility index (Phi) is 2.83. The lowest BCUT2D eigenvalue weighted by Crippen LogP contribution is -1.95. The molecule has 0 spiro atoms. The quantitative estimate of drug-likeness (QED) is 0.455. The molecule has 0 fully saturated rings. The molecule has 0 saturated carbocycles.